The minimum absolute atomic E-state index is 0. The van der Waals surface area contributed by atoms with Crippen molar-refractivity contribution >= 4 is 47.2 Å². The summed E-state index contributed by atoms with van der Waals surface area (Å²) < 4.78 is 0. The smallest absolute Gasteiger partial charge is 0.226 e. The third kappa shape index (κ3) is 4.88. The topological polar surface area (TPSA) is 83.5 Å². The van der Waals surface area contributed by atoms with Crippen molar-refractivity contribution in [3.63, 3.8) is 0 Å². The molecule has 1 saturated carbocycles. The monoisotopic (exact) mass is 304 g/mol. The molecular weight excluding hydrogens is 281 g/mol. The van der Waals surface area contributed by atoms with Crippen LogP contribution in [0.2, 0.25) is 0 Å². The maximum absolute atomic E-state index is 12.2. The van der Waals surface area contributed by atoms with E-state index in [1.807, 2.05) is 6.92 Å². The van der Waals surface area contributed by atoms with Crippen molar-refractivity contribution in [3.05, 3.63) is 0 Å². The first kappa shape index (κ1) is 18.8. The van der Waals surface area contributed by atoms with E-state index in [2.05, 4.69) is 12.2 Å². The Labute approximate surface area is 147 Å². The summed E-state index contributed by atoms with van der Waals surface area (Å²) in [6.45, 7) is 4.01. The molecule has 1 heterocycles. The number of Topliss-reactive ketones (excluding diaryl/α,β-unsaturated/α-hetero) is 1. The van der Waals surface area contributed by atoms with E-state index in [1.165, 1.54) is 0 Å². The van der Waals surface area contributed by atoms with Gasteiger partial charge in [0.15, 0.2) is 0 Å². The Morgan fingerprint density at radius 3 is 2.29 bits per heavy atom. The standard InChI is InChI=1S/C15H23NO4.Na/c1-8-3-9(2)15(20)11(4-8)12(17)5-10-6-13(18)16-14(19)7-10;/h8-12,17H,3-7H2,1-2H3,(H,16,18,19);/t8-,9-,11-,12+;/m0./s1. The molecule has 0 aromatic rings. The van der Waals surface area contributed by atoms with E-state index >= 15 is 0 Å². The number of piperidine rings is 1. The van der Waals surface area contributed by atoms with E-state index in [4.69, 9.17) is 0 Å². The summed E-state index contributed by atoms with van der Waals surface area (Å²) in [5.74, 6) is -0.499. The van der Waals surface area contributed by atoms with E-state index in [-0.39, 0.29) is 77.8 Å². The van der Waals surface area contributed by atoms with E-state index in [0.29, 0.717) is 18.8 Å². The van der Waals surface area contributed by atoms with Gasteiger partial charge in [-0.05, 0) is 31.1 Å². The Morgan fingerprint density at radius 1 is 1.14 bits per heavy atom. The van der Waals surface area contributed by atoms with Gasteiger partial charge in [0.05, 0.1) is 6.10 Å². The van der Waals surface area contributed by atoms with Crippen molar-refractivity contribution in [1.82, 2.24) is 5.32 Å². The van der Waals surface area contributed by atoms with Crippen LogP contribution in [0.5, 0.6) is 0 Å². The number of aliphatic hydroxyl groups is 1. The second-order valence-electron chi connectivity index (χ2n) is 6.54. The number of hydrogen-bond donors (Lipinski definition) is 2. The second kappa shape index (κ2) is 7.86. The first-order valence-corrected chi connectivity index (χ1v) is 7.41. The van der Waals surface area contributed by atoms with Gasteiger partial charge in [0, 0.05) is 54.2 Å². The molecule has 113 valence electrons. The summed E-state index contributed by atoms with van der Waals surface area (Å²) in [6, 6.07) is 0. The van der Waals surface area contributed by atoms with Gasteiger partial charge in [-0.15, -0.1) is 0 Å². The predicted octanol–water partition coefficient (Wildman–Crippen LogP) is 0.661. The average molecular weight is 304 g/mol. The molecule has 1 aliphatic heterocycles. The summed E-state index contributed by atoms with van der Waals surface area (Å²) in [5, 5.41) is 12.6. The van der Waals surface area contributed by atoms with Gasteiger partial charge in [-0.1, -0.05) is 13.8 Å². The quantitative estimate of drug-likeness (QED) is 0.593. The fourth-order valence-corrected chi connectivity index (χ4v) is 3.60. The van der Waals surface area contributed by atoms with Crippen molar-refractivity contribution in [1.29, 1.82) is 0 Å². The molecule has 2 fully saturated rings. The fourth-order valence-electron chi connectivity index (χ4n) is 3.60. The van der Waals surface area contributed by atoms with Crippen LogP contribution in [0, 0.1) is 23.7 Å². The van der Waals surface area contributed by atoms with E-state index < -0.39 is 6.10 Å². The maximum atomic E-state index is 12.2. The van der Waals surface area contributed by atoms with Crippen LogP contribution in [0.1, 0.15) is 46.0 Å². The van der Waals surface area contributed by atoms with Crippen LogP contribution in [-0.4, -0.2) is 58.4 Å². The average Bonchev–Trinajstić information content (AvgIpc) is 2.32. The molecule has 0 spiro atoms. The zero-order valence-electron chi connectivity index (χ0n) is 13.1. The molecule has 21 heavy (non-hydrogen) atoms. The van der Waals surface area contributed by atoms with Gasteiger partial charge in [-0.2, -0.15) is 0 Å². The normalized spacial score (nSPS) is 32.3. The maximum Gasteiger partial charge on any atom is 0.226 e. The van der Waals surface area contributed by atoms with E-state index in [9.17, 15) is 19.5 Å². The van der Waals surface area contributed by atoms with Crippen molar-refractivity contribution in [3.8, 4) is 0 Å². The van der Waals surface area contributed by atoms with Crippen LogP contribution in [0.4, 0.5) is 0 Å². The van der Waals surface area contributed by atoms with E-state index in [0.717, 1.165) is 6.42 Å². The summed E-state index contributed by atoms with van der Waals surface area (Å²) in [6.07, 6.45) is 1.72. The third-order valence-corrected chi connectivity index (χ3v) is 4.53. The van der Waals surface area contributed by atoms with Crippen molar-refractivity contribution < 1.29 is 19.5 Å². The van der Waals surface area contributed by atoms with E-state index in [1.54, 1.807) is 0 Å². The Kier molecular flexibility index (Phi) is 7.04. The Hall–Kier alpha value is -0.230. The third-order valence-electron chi connectivity index (χ3n) is 4.53. The number of hydrogen-bond acceptors (Lipinski definition) is 4. The van der Waals surface area contributed by atoms with Crippen molar-refractivity contribution in [2.75, 3.05) is 0 Å². The molecule has 0 bridgehead atoms. The molecule has 5 nitrogen and oxygen atoms in total. The Bertz CT molecular complexity index is 410. The Balaban J connectivity index is 0.00000220. The number of rotatable bonds is 3. The predicted molar refractivity (Wildman–Crippen MR) is 78.3 cm³/mol. The van der Waals surface area contributed by atoms with Crippen LogP contribution in [0.3, 0.4) is 0 Å². The molecule has 1 radical (unpaired) electrons. The molecule has 2 aliphatic rings. The molecule has 1 saturated heterocycles. The Morgan fingerprint density at radius 2 is 1.71 bits per heavy atom. The van der Waals surface area contributed by atoms with Gasteiger partial charge < -0.3 is 5.11 Å². The molecule has 6 heteroatoms. The minimum Gasteiger partial charge on any atom is -0.392 e. The largest absolute Gasteiger partial charge is 0.392 e. The number of carbonyl (C=O) groups is 3. The molecule has 0 unspecified atom stereocenters. The SMILES string of the molecule is C[C@@H]1C[C@@H]([C@H](O)CC2CC(=O)NC(=O)C2)C(=O)[C@@H](C)C1.[Na]. The van der Waals surface area contributed by atoms with Gasteiger partial charge >= 0.3 is 0 Å². The number of nitrogens with one attached hydrogen (secondary N) is 1. The molecule has 1 aliphatic carbocycles. The first-order chi connectivity index (χ1) is 9.36. The molecular formula is C15H23NNaO4. The summed E-state index contributed by atoms with van der Waals surface area (Å²) >= 11 is 0. The number of aliphatic hydroxyl groups excluding tert-OH is 1. The minimum atomic E-state index is -0.739. The first-order valence-electron chi connectivity index (χ1n) is 7.41. The molecule has 2 amide bonds. The summed E-state index contributed by atoms with van der Waals surface area (Å²) in [4.78, 5) is 34.8. The fraction of sp³-hybridized carbons (Fsp3) is 0.800. The molecule has 4 atom stereocenters. The van der Waals surface area contributed by atoms with Crippen LogP contribution < -0.4 is 5.32 Å². The molecule has 0 aromatic heterocycles. The number of ketones is 1. The zero-order valence-corrected chi connectivity index (χ0v) is 15.1. The zero-order chi connectivity index (χ0) is 14.9. The molecule has 2 N–H and O–H groups in total. The molecule has 2 rings (SSSR count). The molecule has 0 aromatic carbocycles. The van der Waals surface area contributed by atoms with Gasteiger partial charge in [-0.3, -0.25) is 19.7 Å². The summed E-state index contributed by atoms with van der Waals surface area (Å²) in [7, 11) is 0. The van der Waals surface area contributed by atoms with Gasteiger partial charge in [0.2, 0.25) is 11.8 Å². The van der Waals surface area contributed by atoms with Crippen LogP contribution in [-0.2, 0) is 14.4 Å². The second-order valence-corrected chi connectivity index (χ2v) is 6.54. The van der Waals surface area contributed by atoms with Crippen molar-refractivity contribution in [2.24, 2.45) is 23.7 Å². The van der Waals surface area contributed by atoms with Crippen LogP contribution >= 0.6 is 0 Å². The number of amides is 2. The number of carbonyl (C=O) groups excluding carboxylic acids is 3. The van der Waals surface area contributed by atoms with Crippen LogP contribution in [0.25, 0.3) is 0 Å². The number of imide groups is 1. The summed E-state index contributed by atoms with van der Waals surface area (Å²) in [5.41, 5.74) is 0. The van der Waals surface area contributed by atoms with Crippen LogP contribution in [0.15, 0.2) is 0 Å². The van der Waals surface area contributed by atoms with Gasteiger partial charge in [-0.25, -0.2) is 0 Å². The van der Waals surface area contributed by atoms with Gasteiger partial charge in [0.25, 0.3) is 0 Å². The van der Waals surface area contributed by atoms with Crippen molar-refractivity contribution in [2.45, 2.75) is 52.1 Å². The van der Waals surface area contributed by atoms with Gasteiger partial charge in [0.1, 0.15) is 5.78 Å².